The summed E-state index contributed by atoms with van der Waals surface area (Å²) in [5.41, 5.74) is -0.708. The Morgan fingerprint density at radius 2 is 1.96 bits per heavy atom. The summed E-state index contributed by atoms with van der Waals surface area (Å²) in [5, 5.41) is 4.98. The molecule has 1 saturated heterocycles. The molecule has 1 aliphatic rings. The van der Waals surface area contributed by atoms with Crippen LogP contribution in [0.2, 0.25) is 0 Å². The van der Waals surface area contributed by atoms with Crippen LogP contribution in [0.4, 0.5) is 14.9 Å². The van der Waals surface area contributed by atoms with Crippen LogP contribution in [0.15, 0.2) is 53.0 Å². The van der Waals surface area contributed by atoms with Crippen LogP contribution in [0.1, 0.15) is 12.5 Å². The number of para-hydroxylation sites is 1. The number of halogens is 2. The number of hydrogen-bond donors (Lipinski definition) is 2. The maximum absolute atomic E-state index is 13.6. The molecule has 4 amide bonds. The molecule has 26 heavy (non-hydrogen) atoms. The van der Waals surface area contributed by atoms with Gasteiger partial charge in [0, 0.05) is 4.47 Å². The minimum absolute atomic E-state index is 0.0145. The zero-order valence-electron chi connectivity index (χ0n) is 13.8. The van der Waals surface area contributed by atoms with Crippen LogP contribution in [0.3, 0.4) is 0 Å². The van der Waals surface area contributed by atoms with Crippen LogP contribution in [-0.4, -0.2) is 29.3 Å². The van der Waals surface area contributed by atoms with Crippen molar-refractivity contribution in [3.05, 3.63) is 64.4 Å². The van der Waals surface area contributed by atoms with Crippen LogP contribution >= 0.6 is 15.9 Å². The molecule has 134 valence electrons. The first-order valence-electron chi connectivity index (χ1n) is 7.76. The lowest BCUT2D eigenvalue weighted by atomic mass is 9.92. The highest BCUT2D eigenvalue weighted by Gasteiger charge is 2.49. The molecule has 1 atom stereocenters. The summed E-state index contributed by atoms with van der Waals surface area (Å²) in [7, 11) is 0. The number of carbonyl (C=O) groups is 3. The minimum Gasteiger partial charge on any atom is -0.322 e. The van der Waals surface area contributed by atoms with Gasteiger partial charge in [-0.2, -0.15) is 0 Å². The molecule has 0 bridgehead atoms. The third-order valence-corrected chi connectivity index (χ3v) is 4.62. The Labute approximate surface area is 157 Å². The maximum atomic E-state index is 13.6. The number of hydrogen-bond acceptors (Lipinski definition) is 3. The van der Waals surface area contributed by atoms with Gasteiger partial charge in [0.25, 0.3) is 5.91 Å². The normalized spacial score (nSPS) is 19.4. The van der Waals surface area contributed by atoms with Crippen LogP contribution in [0, 0.1) is 5.82 Å². The summed E-state index contributed by atoms with van der Waals surface area (Å²) in [6.45, 7) is 1.06. The molecule has 1 fully saturated rings. The van der Waals surface area contributed by atoms with Gasteiger partial charge in [-0.05, 0) is 36.8 Å². The van der Waals surface area contributed by atoms with Crippen molar-refractivity contribution in [1.82, 2.24) is 10.2 Å². The zero-order valence-corrected chi connectivity index (χ0v) is 15.3. The summed E-state index contributed by atoms with van der Waals surface area (Å²) >= 11 is 3.33. The van der Waals surface area contributed by atoms with Gasteiger partial charge >= 0.3 is 6.03 Å². The highest BCUT2D eigenvalue weighted by molar-refractivity contribution is 9.10. The molecule has 0 spiro atoms. The second-order valence-corrected chi connectivity index (χ2v) is 6.90. The molecule has 6 nitrogen and oxygen atoms in total. The molecule has 0 radical (unpaired) electrons. The predicted octanol–water partition coefficient (Wildman–Crippen LogP) is 2.99. The Kier molecular flexibility index (Phi) is 4.78. The third kappa shape index (κ3) is 3.32. The number of imide groups is 1. The van der Waals surface area contributed by atoms with Crippen LogP contribution in [-0.2, 0) is 15.1 Å². The van der Waals surface area contributed by atoms with E-state index in [1.165, 1.54) is 18.2 Å². The van der Waals surface area contributed by atoms with Gasteiger partial charge in [0.15, 0.2) is 0 Å². The lowest BCUT2D eigenvalue weighted by Gasteiger charge is -2.22. The molecule has 0 unspecified atom stereocenters. The summed E-state index contributed by atoms with van der Waals surface area (Å²) in [6, 6.07) is 12.0. The van der Waals surface area contributed by atoms with E-state index in [0.717, 1.165) is 9.37 Å². The van der Waals surface area contributed by atoms with E-state index in [9.17, 15) is 18.8 Å². The number of urea groups is 1. The first-order chi connectivity index (χ1) is 12.3. The second-order valence-electron chi connectivity index (χ2n) is 5.98. The van der Waals surface area contributed by atoms with E-state index in [-0.39, 0.29) is 5.69 Å². The second kappa shape index (κ2) is 6.87. The van der Waals surface area contributed by atoms with Crippen molar-refractivity contribution in [3.8, 4) is 0 Å². The number of amides is 4. The molecule has 1 aliphatic heterocycles. The van der Waals surface area contributed by atoms with E-state index in [1.54, 1.807) is 37.3 Å². The summed E-state index contributed by atoms with van der Waals surface area (Å²) in [6.07, 6.45) is 0. The number of benzene rings is 2. The fourth-order valence-corrected chi connectivity index (χ4v) is 3.13. The Morgan fingerprint density at radius 3 is 2.65 bits per heavy atom. The maximum Gasteiger partial charge on any atom is 0.325 e. The molecule has 0 aliphatic carbocycles. The van der Waals surface area contributed by atoms with Gasteiger partial charge in [0.2, 0.25) is 5.91 Å². The largest absolute Gasteiger partial charge is 0.325 e. The van der Waals surface area contributed by atoms with Gasteiger partial charge in [-0.25, -0.2) is 9.18 Å². The van der Waals surface area contributed by atoms with Crippen molar-refractivity contribution in [2.45, 2.75) is 12.5 Å². The first kappa shape index (κ1) is 18.1. The van der Waals surface area contributed by atoms with Crippen LogP contribution in [0.25, 0.3) is 0 Å². The van der Waals surface area contributed by atoms with Crippen molar-refractivity contribution < 1.29 is 18.8 Å². The SMILES string of the molecule is C[C@]1(c2cccc(Br)c2)NC(=O)N(CC(=O)Nc2ccccc2F)C1=O. The number of rotatable bonds is 4. The monoisotopic (exact) mass is 419 g/mol. The van der Waals surface area contributed by atoms with E-state index in [2.05, 4.69) is 26.6 Å². The van der Waals surface area contributed by atoms with Gasteiger partial charge in [0.05, 0.1) is 5.69 Å². The van der Waals surface area contributed by atoms with E-state index in [1.807, 2.05) is 0 Å². The van der Waals surface area contributed by atoms with Gasteiger partial charge < -0.3 is 10.6 Å². The smallest absolute Gasteiger partial charge is 0.322 e. The molecule has 2 N–H and O–H groups in total. The van der Waals surface area contributed by atoms with Gasteiger partial charge in [-0.1, -0.05) is 40.2 Å². The van der Waals surface area contributed by atoms with Crippen molar-refractivity contribution in [3.63, 3.8) is 0 Å². The average molecular weight is 420 g/mol. The van der Waals surface area contributed by atoms with Crippen molar-refractivity contribution in [1.29, 1.82) is 0 Å². The Bertz CT molecular complexity index is 905. The fraction of sp³-hybridized carbons (Fsp3) is 0.167. The zero-order chi connectivity index (χ0) is 18.9. The highest BCUT2D eigenvalue weighted by atomic mass is 79.9. The molecule has 0 saturated carbocycles. The molecule has 2 aromatic rings. The van der Waals surface area contributed by atoms with Crippen LogP contribution in [0.5, 0.6) is 0 Å². The van der Waals surface area contributed by atoms with E-state index in [4.69, 9.17) is 0 Å². The molecule has 8 heteroatoms. The van der Waals surface area contributed by atoms with Gasteiger partial charge in [-0.15, -0.1) is 0 Å². The predicted molar refractivity (Wildman–Crippen MR) is 96.8 cm³/mol. The van der Waals surface area contributed by atoms with Crippen molar-refractivity contribution >= 4 is 39.5 Å². The van der Waals surface area contributed by atoms with E-state index < -0.39 is 35.7 Å². The fourth-order valence-electron chi connectivity index (χ4n) is 2.73. The molecule has 0 aromatic heterocycles. The Morgan fingerprint density at radius 1 is 1.23 bits per heavy atom. The van der Waals surface area contributed by atoms with Crippen LogP contribution < -0.4 is 10.6 Å². The molecule has 2 aromatic carbocycles. The molecule has 1 heterocycles. The molecule has 3 rings (SSSR count). The lowest BCUT2D eigenvalue weighted by molar-refractivity contribution is -0.133. The number of anilines is 1. The minimum atomic E-state index is -1.28. The summed E-state index contributed by atoms with van der Waals surface area (Å²) in [5.74, 6) is -1.82. The lowest BCUT2D eigenvalue weighted by Crippen LogP contribution is -2.42. The van der Waals surface area contributed by atoms with Gasteiger partial charge in [-0.3, -0.25) is 14.5 Å². The Hall–Kier alpha value is -2.74. The topological polar surface area (TPSA) is 78.5 Å². The van der Waals surface area contributed by atoms with E-state index >= 15 is 0 Å². The van der Waals surface area contributed by atoms with Crippen molar-refractivity contribution in [2.24, 2.45) is 0 Å². The quantitative estimate of drug-likeness (QED) is 0.747. The number of nitrogens with one attached hydrogen (secondary N) is 2. The number of nitrogens with zero attached hydrogens (tertiary/aromatic N) is 1. The van der Waals surface area contributed by atoms with E-state index in [0.29, 0.717) is 5.56 Å². The standard InChI is InChI=1S/C18H15BrFN3O3/c1-18(11-5-4-6-12(19)9-11)16(25)23(17(26)22-18)10-15(24)21-14-8-3-2-7-13(14)20/h2-9H,10H2,1H3,(H,21,24)(H,22,26)/t18-/m1/s1. The number of carbonyl (C=O) groups excluding carboxylic acids is 3. The Balaban J connectivity index is 1.77. The van der Waals surface area contributed by atoms with Crippen molar-refractivity contribution in [2.75, 3.05) is 11.9 Å². The third-order valence-electron chi connectivity index (χ3n) is 4.13. The molecular formula is C18H15BrFN3O3. The molecular weight excluding hydrogens is 405 g/mol. The average Bonchev–Trinajstić information content (AvgIpc) is 2.81. The summed E-state index contributed by atoms with van der Waals surface area (Å²) in [4.78, 5) is 38.0. The van der Waals surface area contributed by atoms with Gasteiger partial charge in [0.1, 0.15) is 17.9 Å². The summed E-state index contributed by atoms with van der Waals surface area (Å²) < 4.78 is 14.4. The highest BCUT2D eigenvalue weighted by Crippen LogP contribution is 2.30. The first-order valence-corrected chi connectivity index (χ1v) is 8.55.